The van der Waals surface area contributed by atoms with Gasteiger partial charge in [0.1, 0.15) is 18.1 Å². The van der Waals surface area contributed by atoms with Gasteiger partial charge in [0.15, 0.2) is 0 Å². The van der Waals surface area contributed by atoms with Crippen molar-refractivity contribution in [2.75, 3.05) is 13.7 Å². The highest BCUT2D eigenvalue weighted by Gasteiger charge is 2.25. The first-order valence-electron chi connectivity index (χ1n) is 7.36. The molecule has 0 saturated heterocycles. The molecule has 0 spiro atoms. The minimum Gasteiger partial charge on any atom is -0.497 e. The van der Waals surface area contributed by atoms with Gasteiger partial charge >= 0.3 is 5.97 Å². The van der Waals surface area contributed by atoms with E-state index in [9.17, 15) is 9.59 Å². The molecule has 6 nitrogen and oxygen atoms in total. The number of nitrogens with one attached hydrogen (secondary N) is 1. The number of carbonyl (C=O) groups excluding carboxylic acids is 1. The van der Waals surface area contributed by atoms with E-state index in [1.807, 2.05) is 0 Å². The number of carboxylic acid groups (broad SMARTS) is 1. The van der Waals surface area contributed by atoms with Crippen molar-refractivity contribution in [1.82, 2.24) is 5.32 Å². The molecule has 2 rings (SSSR count). The maximum Gasteiger partial charge on any atom is 0.303 e. The Bertz CT molecular complexity index is 648. The maximum atomic E-state index is 12.4. The molecule has 1 aliphatic heterocycles. The van der Waals surface area contributed by atoms with Crippen LogP contribution in [0, 0.1) is 0 Å². The van der Waals surface area contributed by atoms with Gasteiger partial charge in [0.25, 0.3) is 5.91 Å². The van der Waals surface area contributed by atoms with Gasteiger partial charge in [0.2, 0.25) is 0 Å². The van der Waals surface area contributed by atoms with E-state index in [2.05, 4.69) is 5.32 Å². The predicted octanol–water partition coefficient (Wildman–Crippen LogP) is 2.23. The van der Waals surface area contributed by atoms with Gasteiger partial charge in [-0.1, -0.05) is 0 Å². The number of carboxylic acids is 1. The van der Waals surface area contributed by atoms with E-state index in [-0.39, 0.29) is 18.9 Å². The molecule has 0 radical (unpaired) electrons. The number of hydrogen-bond donors (Lipinski definition) is 2. The van der Waals surface area contributed by atoms with E-state index < -0.39 is 11.5 Å². The summed E-state index contributed by atoms with van der Waals surface area (Å²) in [4.78, 5) is 23.1. The third-order valence-electron chi connectivity index (χ3n) is 3.64. The summed E-state index contributed by atoms with van der Waals surface area (Å²) in [5.41, 5.74) is 0.670. The highest BCUT2D eigenvalue weighted by molar-refractivity contribution is 5.99. The quantitative estimate of drug-likeness (QED) is 0.840. The highest BCUT2D eigenvalue weighted by Crippen LogP contribution is 2.30. The lowest BCUT2D eigenvalue weighted by atomic mass is 9.97. The molecule has 1 aromatic rings. The van der Waals surface area contributed by atoms with Crippen LogP contribution in [-0.2, 0) is 9.59 Å². The number of fused-ring (bicyclic) bond motifs is 1. The second-order valence-electron chi connectivity index (χ2n) is 6.09. The molecule has 1 amide bonds. The van der Waals surface area contributed by atoms with Crippen molar-refractivity contribution >= 4 is 18.0 Å². The van der Waals surface area contributed by atoms with Crippen LogP contribution in [0.2, 0.25) is 0 Å². The molecule has 0 fully saturated rings. The van der Waals surface area contributed by atoms with Gasteiger partial charge in [-0.2, -0.15) is 0 Å². The highest BCUT2D eigenvalue weighted by atomic mass is 16.5. The third-order valence-corrected chi connectivity index (χ3v) is 3.64. The average Bonchev–Trinajstić information content (AvgIpc) is 2.51. The number of methoxy groups -OCH3 is 1. The van der Waals surface area contributed by atoms with Gasteiger partial charge in [0, 0.05) is 17.5 Å². The molecule has 0 unspecified atom stereocenters. The maximum absolute atomic E-state index is 12.4. The first kappa shape index (κ1) is 16.9. The van der Waals surface area contributed by atoms with Crippen molar-refractivity contribution in [2.45, 2.75) is 32.2 Å². The summed E-state index contributed by atoms with van der Waals surface area (Å²) in [5.74, 6) is 0.252. The Morgan fingerprint density at radius 3 is 2.78 bits per heavy atom. The van der Waals surface area contributed by atoms with Crippen LogP contribution >= 0.6 is 0 Å². The Morgan fingerprint density at radius 2 is 2.13 bits per heavy atom. The zero-order valence-electron chi connectivity index (χ0n) is 13.5. The third kappa shape index (κ3) is 4.48. The molecule has 1 aromatic carbocycles. The number of ether oxygens (including phenoxy) is 2. The molecule has 0 bridgehead atoms. The summed E-state index contributed by atoms with van der Waals surface area (Å²) in [6.45, 7) is 3.78. The lowest BCUT2D eigenvalue weighted by Crippen LogP contribution is -2.45. The van der Waals surface area contributed by atoms with Crippen LogP contribution in [0.5, 0.6) is 11.5 Å². The summed E-state index contributed by atoms with van der Waals surface area (Å²) in [5, 5.41) is 11.6. The van der Waals surface area contributed by atoms with Crippen molar-refractivity contribution in [2.24, 2.45) is 0 Å². The minimum atomic E-state index is -0.881. The SMILES string of the molecule is COc1ccc2c(c1)C=C(C(=O)NC(C)(C)CCC(=O)O)CO2. The van der Waals surface area contributed by atoms with E-state index in [1.54, 1.807) is 45.2 Å². The Morgan fingerprint density at radius 1 is 1.39 bits per heavy atom. The van der Waals surface area contributed by atoms with Crippen molar-refractivity contribution in [3.63, 3.8) is 0 Å². The standard InChI is InChI=1S/C17H21NO5/c1-17(2,7-6-15(19)20)18-16(21)12-8-11-9-13(22-3)4-5-14(11)23-10-12/h4-5,8-9H,6-7,10H2,1-3H3,(H,18,21)(H,19,20). The molecule has 1 aliphatic rings. The second-order valence-corrected chi connectivity index (χ2v) is 6.09. The number of rotatable bonds is 6. The second kappa shape index (κ2) is 6.73. The molecule has 0 aliphatic carbocycles. The fourth-order valence-electron chi connectivity index (χ4n) is 2.28. The average molecular weight is 319 g/mol. The van der Waals surface area contributed by atoms with Gasteiger partial charge < -0.3 is 19.9 Å². The molecule has 2 N–H and O–H groups in total. The fourth-order valence-corrected chi connectivity index (χ4v) is 2.28. The van der Waals surface area contributed by atoms with Crippen molar-refractivity contribution in [3.05, 3.63) is 29.3 Å². The smallest absolute Gasteiger partial charge is 0.303 e. The van der Waals surface area contributed by atoms with Crippen LogP contribution in [-0.4, -0.2) is 36.2 Å². The van der Waals surface area contributed by atoms with Crippen LogP contribution in [0.1, 0.15) is 32.3 Å². The first-order valence-corrected chi connectivity index (χ1v) is 7.36. The Labute approximate surface area is 135 Å². The van der Waals surface area contributed by atoms with Crippen LogP contribution in [0.15, 0.2) is 23.8 Å². The summed E-state index contributed by atoms with van der Waals surface area (Å²) < 4.78 is 10.8. The number of aliphatic carboxylic acids is 1. The molecule has 1 heterocycles. The normalized spacial score (nSPS) is 13.4. The monoisotopic (exact) mass is 319 g/mol. The van der Waals surface area contributed by atoms with Gasteiger partial charge in [-0.05, 0) is 44.5 Å². The van der Waals surface area contributed by atoms with Gasteiger partial charge in [0.05, 0.1) is 12.7 Å². The van der Waals surface area contributed by atoms with Crippen LogP contribution in [0.3, 0.4) is 0 Å². The van der Waals surface area contributed by atoms with Crippen LogP contribution in [0.25, 0.3) is 6.08 Å². The van der Waals surface area contributed by atoms with Gasteiger partial charge in [-0.25, -0.2) is 0 Å². The van der Waals surface area contributed by atoms with Gasteiger partial charge in [-0.3, -0.25) is 9.59 Å². The number of benzene rings is 1. The zero-order chi connectivity index (χ0) is 17.0. The van der Waals surface area contributed by atoms with Crippen LogP contribution in [0.4, 0.5) is 0 Å². The number of amides is 1. The van der Waals surface area contributed by atoms with E-state index in [4.69, 9.17) is 14.6 Å². The number of carbonyl (C=O) groups is 2. The molecule has 0 saturated carbocycles. The molecule has 0 atom stereocenters. The molecule has 6 heteroatoms. The first-order chi connectivity index (χ1) is 10.8. The topological polar surface area (TPSA) is 84.9 Å². The van der Waals surface area contributed by atoms with E-state index in [0.29, 0.717) is 23.5 Å². The Kier molecular flexibility index (Phi) is 4.93. The van der Waals surface area contributed by atoms with E-state index >= 15 is 0 Å². The molecule has 23 heavy (non-hydrogen) atoms. The van der Waals surface area contributed by atoms with E-state index in [1.165, 1.54) is 0 Å². The van der Waals surface area contributed by atoms with Gasteiger partial charge in [-0.15, -0.1) is 0 Å². The summed E-state index contributed by atoms with van der Waals surface area (Å²) in [7, 11) is 1.58. The molecule has 124 valence electrons. The molecular formula is C17H21NO5. The zero-order valence-corrected chi connectivity index (χ0v) is 13.5. The Hall–Kier alpha value is -2.50. The van der Waals surface area contributed by atoms with Crippen molar-refractivity contribution in [1.29, 1.82) is 0 Å². The fraction of sp³-hybridized carbons (Fsp3) is 0.412. The van der Waals surface area contributed by atoms with E-state index in [0.717, 1.165) is 5.56 Å². The summed E-state index contributed by atoms with van der Waals surface area (Å²) in [6, 6.07) is 5.40. The minimum absolute atomic E-state index is 0.00284. The van der Waals surface area contributed by atoms with Crippen LogP contribution < -0.4 is 14.8 Å². The van der Waals surface area contributed by atoms with Crippen molar-refractivity contribution in [3.8, 4) is 11.5 Å². The lowest BCUT2D eigenvalue weighted by molar-refractivity contribution is -0.137. The largest absolute Gasteiger partial charge is 0.497 e. The molecule has 0 aromatic heterocycles. The summed E-state index contributed by atoms with van der Waals surface area (Å²) >= 11 is 0. The molecular weight excluding hydrogens is 298 g/mol. The summed E-state index contributed by atoms with van der Waals surface area (Å²) in [6.07, 6.45) is 2.12. The lowest BCUT2D eigenvalue weighted by Gasteiger charge is -2.27. The van der Waals surface area contributed by atoms with Crippen molar-refractivity contribution < 1.29 is 24.2 Å². The predicted molar refractivity (Wildman–Crippen MR) is 85.6 cm³/mol. The Balaban J connectivity index is 2.10. The number of hydrogen-bond acceptors (Lipinski definition) is 4.